The average Bonchev–Trinajstić information content (AvgIpc) is 3.08. The summed E-state index contributed by atoms with van der Waals surface area (Å²) in [5.41, 5.74) is 1.31. The van der Waals surface area contributed by atoms with Gasteiger partial charge in [-0.25, -0.2) is 0 Å². The molecule has 2 aromatic rings. The minimum Gasteiger partial charge on any atom is -0.365 e. The molecule has 3 atom stereocenters. The van der Waals surface area contributed by atoms with Crippen molar-refractivity contribution in [2.24, 2.45) is 11.8 Å². The number of nitro benzene ring substituents is 1. The average molecular weight is 410 g/mol. The molecule has 1 aliphatic heterocycles. The molecule has 0 saturated carbocycles. The Hall–Kier alpha value is -2.19. The van der Waals surface area contributed by atoms with Crippen molar-refractivity contribution >= 4 is 23.8 Å². The monoisotopic (exact) mass is 409 g/mol. The first-order valence-corrected chi connectivity index (χ1v) is 9.41. The summed E-state index contributed by atoms with van der Waals surface area (Å²) in [6.07, 6.45) is 1.78. The Bertz CT molecular complexity index is 803. The maximum Gasteiger partial charge on any atom is 0.293 e. The van der Waals surface area contributed by atoms with Crippen LogP contribution < -0.4 is 10.2 Å². The number of nitrogens with one attached hydrogen (secondary N) is 1. The molecule has 0 amide bonds. The second-order valence-electron chi connectivity index (χ2n) is 7.72. The van der Waals surface area contributed by atoms with Gasteiger partial charge in [0.2, 0.25) is 0 Å². The number of halogens is 1. The third-order valence-corrected chi connectivity index (χ3v) is 5.08. The van der Waals surface area contributed by atoms with Crippen LogP contribution in [0.1, 0.15) is 33.0 Å². The fourth-order valence-electron chi connectivity index (χ4n) is 3.76. The Kier molecular flexibility index (Phi) is 7.37. The van der Waals surface area contributed by atoms with Crippen LogP contribution in [0, 0.1) is 22.0 Å². The van der Waals surface area contributed by atoms with Gasteiger partial charge in [0.15, 0.2) is 5.82 Å². The molecule has 28 heavy (non-hydrogen) atoms. The number of benzene rings is 1. The highest BCUT2D eigenvalue weighted by atomic mass is 35.5. The third-order valence-electron chi connectivity index (χ3n) is 5.08. The van der Waals surface area contributed by atoms with Crippen LogP contribution in [0.25, 0.3) is 11.5 Å². The third kappa shape index (κ3) is 4.99. The number of rotatable bonds is 6. The molecule has 0 spiro atoms. The van der Waals surface area contributed by atoms with E-state index < -0.39 is 0 Å². The predicted octanol–water partition coefficient (Wildman–Crippen LogP) is 3.70. The minimum atomic E-state index is -0.330. The Labute approximate surface area is 171 Å². The molecule has 0 bridgehead atoms. The summed E-state index contributed by atoms with van der Waals surface area (Å²) in [6, 6.07) is 5.39. The molecule has 1 aliphatic rings. The zero-order chi connectivity index (χ0) is 19.6. The van der Waals surface area contributed by atoms with Gasteiger partial charge in [0.25, 0.3) is 11.6 Å². The highest BCUT2D eigenvalue weighted by Crippen LogP contribution is 2.35. The topological polar surface area (TPSA) is 97.3 Å². The standard InChI is InChI=1S/C19H27N5O3.ClH/c1-12-7-13(2)11-23(10-12)16-6-5-15(9-17(16)24(25)26)19-21-18(22-27-19)8-14(3)20-4;/h5-6,9,12-14,20H,7-8,10-11H2,1-4H3;1H. The summed E-state index contributed by atoms with van der Waals surface area (Å²) in [4.78, 5) is 17.9. The molecule has 1 aromatic heterocycles. The van der Waals surface area contributed by atoms with Crippen molar-refractivity contribution in [3.05, 3.63) is 34.1 Å². The Morgan fingerprint density at radius 3 is 2.64 bits per heavy atom. The number of aromatic nitrogens is 2. The molecule has 8 nitrogen and oxygen atoms in total. The van der Waals surface area contributed by atoms with Gasteiger partial charge in [0.05, 0.1) is 4.92 Å². The highest BCUT2D eigenvalue weighted by molar-refractivity contribution is 5.85. The normalized spacial score (nSPS) is 20.5. The zero-order valence-electron chi connectivity index (χ0n) is 16.7. The number of hydrogen-bond donors (Lipinski definition) is 1. The number of hydrogen-bond acceptors (Lipinski definition) is 7. The maximum absolute atomic E-state index is 11.7. The summed E-state index contributed by atoms with van der Waals surface area (Å²) in [6.45, 7) is 8.06. The van der Waals surface area contributed by atoms with Crippen molar-refractivity contribution in [1.82, 2.24) is 15.5 Å². The lowest BCUT2D eigenvalue weighted by molar-refractivity contribution is -0.384. The molecule has 0 aliphatic carbocycles. The van der Waals surface area contributed by atoms with E-state index in [-0.39, 0.29) is 29.1 Å². The molecule has 3 rings (SSSR count). The largest absolute Gasteiger partial charge is 0.365 e. The molecule has 3 unspecified atom stereocenters. The van der Waals surface area contributed by atoms with Gasteiger partial charge < -0.3 is 14.7 Å². The predicted molar refractivity (Wildman–Crippen MR) is 111 cm³/mol. The number of likely N-dealkylation sites (N-methyl/N-ethyl adjacent to an activating group) is 1. The number of piperidine rings is 1. The first kappa shape index (κ1) is 22.1. The van der Waals surface area contributed by atoms with Crippen LogP contribution in [0.3, 0.4) is 0 Å². The molecule has 0 radical (unpaired) electrons. The van der Waals surface area contributed by atoms with Gasteiger partial charge in [-0.05, 0) is 44.4 Å². The number of nitro groups is 1. The van der Waals surface area contributed by atoms with Gasteiger partial charge in [-0.2, -0.15) is 4.98 Å². The fraction of sp³-hybridized carbons (Fsp3) is 0.579. The van der Waals surface area contributed by atoms with Crippen molar-refractivity contribution < 1.29 is 9.45 Å². The molecule has 1 saturated heterocycles. The second-order valence-corrected chi connectivity index (χ2v) is 7.72. The lowest BCUT2D eigenvalue weighted by Gasteiger charge is -2.36. The Morgan fingerprint density at radius 1 is 1.36 bits per heavy atom. The maximum atomic E-state index is 11.7. The van der Waals surface area contributed by atoms with Gasteiger partial charge in [-0.1, -0.05) is 19.0 Å². The summed E-state index contributed by atoms with van der Waals surface area (Å²) in [5, 5.41) is 18.8. The fourth-order valence-corrected chi connectivity index (χ4v) is 3.76. The molecular formula is C19H28ClN5O3. The van der Waals surface area contributed by atoms with Gasteiger partial charge in [0, 0.05) is 37.2 Å². The number of anilines is 1. The SMILES string of the molecule is CNC(C)Cc1noc(-c2ccc(N3CC(C)CC(C)C3)c([N+](=O)[O-])c2)n1.Cl. The van der Waals surface area contributed by atoms with E-state index in [1.165, 1.54) is 6.07 Å². The van der Waals surface area contributed by atoms with Crippen LogP contribution in [0.2, 0.25) is 0 Å². The first-order valence-electron chi connectivity index (χ1n) is 9.41. The van der Waals surface area contributed by atoms with Gasteiger partial charge in [-0.3, -0.25) is 10.1 Å². The lowest BCUT2D eigenvalue weighted by atomic mass is 9.91. The highest BCUT2D eigenvalue weighted by Gasteiger charge is 2.28. The summed E-state index contributed by atoms with van der Waals surface area (Å²) in [5.74, 6) is 1.92. The van der Waals surface area contributed by atoms with E-state index in [1.807, 2.05) is 20.0 Å². The van der Waals surface area contributed by atoms with Crippen molar-refractivity contribution in [3.8, 4) is 11.5 Å². The smallest absolute Gasteiger partial charge is 0.293 e. The lowest BCUT2D eigenvalue weighted by Crippen LogP contribution is -2.39. The molecule has 2 heterocycles. The molecule has 1 fully saturated rings. The van der Waals surface area contributed by atoms with E-state index in [1.54, 1.807) is 6.07 Å². The summed E-state index contributed by atoms with van der Waals surface area (Å²) < 4.78 is 5.33. The van der Waals surface area contributed by atoms with Crippen LogP contribution in [-0.2, 0) is 6.42 Å². The van der Waals surface area contributed by atoms with Crippen molar-refractivity contribution in [2.75, 3.05) is 25.0 Å². The van der Waals surface area contributed by atoms with E-state index in [0.717, 1.165) is 19.5 Å². The second kappa shape index (κ2) is 9.34. The van der Waals surface area contributed by atoms with E-state index in [4.69, 9.17) is 4.52 Å². The zero-order valence-corrected chi connectivity index (χ0v) is 17.5. The Balaban J connectivity index is 0.00000280. The van der Waals surface area contributed by atoms with Crippen LogP contribution in [-0.4, -0.2) is 41.2 Å². The van der Waals surface area contributed by atoms with E-state index in [2.05, 4.69) is 34.2 Å². The minimum absolute atomic E-state index is 0. The molecular weight excluding hydrogens is 382 g/mol. The van der Waals surface area contributed by atoms with Crippen LogP contribution >= 0.6 is 12.4 Å². The van der Waals surface area contributed by atoms with Gasteiger partial charge in [-0.15, -0.1) is 12.4 Å². The molecule has 1 N–H and O–H groups in total. The van der Waals surface area contributed by atoms with E-state index >= 15 is 0 Å². The summed E-state index contributed by atoms with van der Waals surface area (Å²) >= 11 is 0. The van der Waals surface area contributed by atoms with E-state index in [0.29, 0.717) is 41.2 Å². The van der Waals surface area contributed by atoms with Crippen molar-refractivity contribution in [3.63, 3.8) is 0 Å². The van der Waals surface area contributed by atoms with Crippen molar-refractivity contribution in [1.29, 1.82) is 0 Å². The van der Waals surface area contributed by atoms with Crippen LogP contribution in [0.15, 0.2) is 22.7 Å². The quantitative estimate of drug-likeness (QED) is 0.573. The van der Waals surface area contributed by atoms with Crippen LogP contribution in [0.5, 0.6) is 0 Å². The van der Waals surface area contributed by atoms with Crippen molar-refractivity contribution in [2.45, 2.75) is 39.7 Å². The molecule has 9 heteroatoms. The van der Waals surface area contributed by atoms with Gasteiger partial charge >= 0.3 is 0 Å². The molecule has 1 aromatic carbocycles. The first-order chi connectivity index (χ1) is 12.9. The number of nitrogens with zero attached hydrogens (tertiary/aromatic N) is 4. The Morgan fingerprint density at radius 2 is 2.04 bits per heavy atom. The van der Waals surface area contributed by atoms with Crippen LogP contribution in [0.4, 0.5) is 11.4 Å². The molecule has 154 valence electrons. The van der Waals surface area contributed by atoms with E-state index in [9.17, 15) is 10.1 Å². The summed E-state index contributed by atoms with van der Waals surface area (Å²) in [7, 11) is 1.87. The van der Waals surface area contributed by atoms with Gasteiger partial charge in [0.1, 0.15) is 5.69 Å².